The Balaban J connectivity index is 1.34. The van der Waals surface area contributed by atoms with Gasteiger partial charge in [0, 0.05) is 37.3 Å². The van der Waals surface area contributed by atoms with Gasteiger partial charge in [-0.25, -0.2) is 0 Å². The second-order valence-electron chi connectivity index (χ2n) is 7.19. The Morgan fingerprint density at radius 2 is 1.48 bits per heavy atom. The van der Waals surface area contributed by atoms with Crippen molar-refractivity contribution in [3.05, 3.63) is 83.8 Å². The minimum absolute atomic E-state index is 0.0512. The molecule has 0 spiro atoms. The molecular formula is C24H24N2O5. The van der Waals surface area contributed by atoms with Gasteiger partial charge in [-0.15, -0.1) is 0 Å². The van der Waals surface area contributed by atoms with Crippen LogP contribution in [0, 0.1) is 0 Å². The number of hydrogen-bond donors (Lipinski definition) is 0. The molecule has 31 heavy (non-hydrogen) atoms. The Morgan fingerprint density at radius 1 is 0.839 bits per heavy atom. The van der Waals surface area contributed by atoms with Gasteiger partial charge in [0.25, 0.3) is 11.8 Å². The Bertz CT molecular complexity index is 1020. The van der Waals surface area contributed by atoms with Crippen LogP contribution >= 0.6 is 0 Å². The van der Waals surface area contributed by atoms with E-state index in [-0.39, 0.29) is 24.2 Å². The molecule has 1 aliphatic heterocycles. The lowest BCUT2D eigenvalue weighted by atomic mass is 10.1. The van der Waals surface area contributed by atoms with E-state index in [1.807, 2.05) is 30.3 Å². The molecule has 3 aromatic rings. The van der Waals surface area contributed by atoms with Crippen LogP contribution in [0.4, 0.5) is 0 Å². The Hall–Kier alpha value is -3.74. The predicted octanol–water partition coefficient (Wildman–Crippen LogP) is 3.47. The van der Waals surface area contributed by atoms with Crippen LogP contribution < -0.4 is 9.47 Å². The summed E-state index contributed by atoms with van der Waals surface area (Å²) in [5.74, 6) is 1.48. The van der Waals surface area contributed by atoms with Crippen molar-refractivity contribution in [2.24, 2.45) is 0 Å². The van der Waals surface area contributed by atoms with Crippen molar-refractivity contribution < 1.29 is 23.5 Å². The van der Waals surface area contributed by atoms with Crippen LogP contribution in [0.15, 0.2) is 71.3 Å². The van der Waals surface area contributed by atoms with E-state index in [9.17, 15) is 9.59 Å². The number of hydrogen-bond acceptors (Lipinski definition) is 5. The molecule has 1 aliphatic rings. The molecule has 0 N–H and O–H groups in total. The largest absolute Gasteiger partial charge is 0.497 e. The van der Waals surface area contributed by atoms with Crippen LogP contribution in [0.1, 0.15) is 26.5 Å². The van der Waals surface area contributed by atoms with Crippen molar-refractivity contribution in [2.75, 3.05) is 33.3 Å². The number of piperazine rings is 1. The highest BCUT2D eigenvalue weighted by Crippen LogP contribution is 2.19. The van der Waals surface area contributed by atoms with Gasteiger partial charge in [-0.3, -0.25) is 9.59 Å². The molecule has 0 aliphatic carbocycles. The summed E-state index contributed by atoms with van der Waals surface area (Å²) in [5, 5.41) is 0. The van der Waals surface area contributed by atoms with E-state index >= 15 is 0 Å². The topological polar surface area (TPSA) is 72.2 Å². The third kappa shape index (κ3) is 4.71. The van der Waals surface area contributed by atoms with Gasteiger partial charge < -0.3 is 23.7 Å². The van der Waals surface area contributed by atoms with Crippen molar-refractivity contribution in [2.45, 2.75) is 6.61 Å². The zero-order chi connectivity index (χ0) is 21.6. The van der Waals surface area contributed by atoms with E-state index in [4.69, 9.17) is 13.9 Å². The average molecular weight is 420 g/mol. The Kier molecular flexibility index (Phi) is 6.21. The molecule has 1 saturated heterocycles. The summed E-state index contributed by atoms with van der Waals surface area (Å²) in [5.41, 5.74) is 1.30. The molecule has 1 fully saturated rings. The molecule has 0 atom stereocenters. The van der Waals surface area contributed by atoms with Crippen molar-refractivity contribution in [3.8, 4) is 11.5 Å². The number of furan rings is 1. The number of rotatable bonds is 6. The number of para-hydroxylation sites is 1. The molecule has 0 saturated carbocycles. The van der Waals surface area contributed by atoms with Crippen molar-refractivity contribution in [3.63, 3.8) is 0 Å². The molecular weight excluding hydrogens is 396 g/mol. The van der Waals surface area contributed by atoms with Gasteiger partial charge in [-0.05, 0) is 42.5 Å². The van der Waals surface area contributed by atoms with E-state index in [1.165, 1.54) is 6.26 Å². The number of carbonyl (C=O) groups excluding carboxylic acids is 2. The highest BCUT2D eigenvalue weighted by Gasteiger charge is 2.28. The van der Waals surface area contributed by atoms with E-state index in [0.717, 1.165) is 5.75 Å². The number of methoxy groups -OCH3 is 1. The monoisotopic (exact) mass is 420 g/mol. The molecule has 7 nitrogen and oxygen atoms in total. The normalized spacial score (nSPS) is 13.7. The van der Waals surface area contributed by atoms with Crippen molar-refractivity contribution in [1.82, 2.24) is 9.80 Å². The summed E-state index contributed by atoms with van der Waals surface area (Å²) in [6, 6.07) is 18.2. The number of benzene rings is 2. The first-order chi connectivity index (χ1) is 15.2. The van der Waals surface area contributed by atoms with Crippen LogP contribution in [0.25, 0.3) is 0 Å². The highest BCUT2D eigenvalue weighted by molar-refractivity contribution is 5.95. The lowest BCUT2D eigenvalue weighted by Crippen LogP contribution is -2.50. The van der Waals surface area contributed by atoms with Gasteiger partial charge in [0.15, 0.2) is 5.76 Å². The molecule has 2 aromatic carbocycles. The van der Waals surface area contributed by atoms with Gasteiger partial charge in [-0.1, -0.05) is 18.2 Å². The van der Waals surface area contributed by atoms with Crippen LogP contribution in [0.5, 0.6) is 11.5 Å². The minimum Gasteiger partial charge on any atom is -0.497 e. The Morgan fingerprint density at radius 3 is 2.13 bits per heavy atom. The summed E-state index contributed by atoms with van der Waals surface area (Å²) in [7, 11) is 1.59. The van der Waals surface area contributed by atoms with Gasteiger partial charge >= 0.3 is 0 Å². The molecule has 2 heterocycles. The smallest absolute Gasteiger partial charge is 0.290 e. The second-order valence-corrected chi connectivity index (χ2v) is 7.19. The molecule has 0 radical (unpaired) electrons. The standard InChI is InChI=1S/C24H24N2O5/c1-29-20-9-7-18(8-10-20)23(27)25-12-14-26(15-13-25)24(28)22-19(11-16-30-22)17-31-21-5-3-2-4-6-21/h2-11,16H,12-15,17H2,1H3. The second kappa shape index (κ2) is 9.38. The maximum Gasteiger partial charge on any atom is 0.290 e. The third-order valence-corrected chi connectivity index (χ3v) is 5.27. The fraction of sp³-hybridized carbons (Fsp3) is 0.250. The van der Waals surface area contributed by atoms with Gasteiger partial charge in [0.2, 0.25) is 0 Å². The van der Waals surface area contributed by atoms with E-state index in [2.05, 4.69) is 0 Å². The first-order valence-corrected chi connectivity index (χ1v) is 10.1. The maximum absolute atomic E-state index is 13.0. The molecule has 7 heteroatoms. The van der Waals surface area contributed by atoms with Crippen LogP contribution in [-0.2, 0) is 6.61 Å². The molecule has 0 unspecified atom stereocenters. The van der Waals surface area contributed by atoms with Gasteiger partial charge in [0.1, 0.15) is 18.1 Å². The predicted molar refractivity (Wildman–Crippen MR) is 114 cm³/mol. The molecule has 160 valence electrons. The SMILES string of the molecule is COc1ccc(C(=O)N2CCN(C(=O)c3occc3COc3ccccc3)CC2)cc1. The Labute approximate surface area is 180 Å². The number of carbonyl (C=O) groups is 2. The lowest BCUT2D eigenvalue weighted by molar-refractivity contribution is 0.0516. The van der Waals surface area contributed by atoms with E-state index < -0.39 is 0 Å². The number of amides is 2. The first-order valence-electron chi connectivity index (χ1n) is 10.1. The van der Waals surface area contributed by atoms with Crippen LogP contribution in [0.3, 0.4) is 0 Å². The lowest BCUT2D eigenvalue weighted by Gasteiger charge is -2.34. The van der Waals surface area contributed by atoms with Crippen molar-refractivity contribution >= 4 is 11.8 Å². The van der Waals surface area contributed by atoms with E-state index in [0.29, 0.717) is 43.1 Å². The van der Waals surface area contributed by atoms with E-state index in [1.54, 1.807) is 47.2 Å². The minimum atomic E-state index is -0.187. The molecule has 2 amide bonds. The number of nitrogens with zero attached hydrogens (tertiary/aromatic N) is 2. The fourth-order valence-corrected chi connectivity index (χ4v) is 3.49. The third-order valence-electron chi connectivity index (χ3n) is 5.27. The summed E-state index contributed by atoms with van der Waals surface area (Å²) in [6.07, 6.45) is 1.50. The van der Waals surface area contributed by atoms with Gasteiger partial charge in [0.05, 0.1) is 13.4 Å². The van der Waals surface area contributed by atoms with Crippen LogP contribution in [-0.4, -0.2) is 54.9 Å². The molecule has 1 aromatic heterocycles. The van der Waals surface area contributed by atoms with Gasteiger partial charge in [-0.2, -0.15) is 0 Å². The summed E-state index contributed by atoms with van der Waals surface area (Å²) < 4.78 is 16.4. The molecule has 0 bridgehead atoms. The van der Waals surface area contributed by atoms with Crippen LogP contribution in [0.2, 0.25) is 0 Å². The average Bonchev–Trinajstić information content (AvgIpc) is 3.31. The quantitative estimate of drug-likeness (QED) is 0.611. The fourth-order valence-electron chi connectivity index (χ4n) is 3.49. The summed E-state index contributed by atoms with van der Waals surface area (Å²) in [4.78, 5) is 29.2. The first kappa shape index (κ1) is 20.5. The number of ether oxygens (including phenoxy) is 2. The summed E-state index contributed by atoms with van der Waals surface area (Å²) >= 11 is 0. The zero-order valence-corrected chi connectivity index (χ0v) is 17.3. The summed E-state index contributed by atoms with van der Waals surface area (Å²) in [6.45, 7) is 2.07. The zero-order valence-electron chi connectivity index (χ0n) is 17.3. The van der Waals surface area contributed by atoms with Crippen molar-refractivity contribution in [1.29, 1.82) is 0 Å². The maximum atomic E-state index is 13.0. The molecule has 4 rings (SSSR count). The highest BCUT2D eigenvalue weighted by atomic mass is 16.5.